The van der Waals surface area contributed by atoms with Crippen LogP contribution in [0.25, 0.3) is 0 Å². The molecule has 120 valence electrons. The Labute approximate surface area is 137 Å². The van der Waals surface area contributed by atoms with Crippen LogP contribution < -0.4 is 5.32 Å². The van der Waals surface area contributed by atoms with Crippen molar-refractivity contribution in [2.75, 3.05) is 13.1 Å². The average Bonchev–Trinajstić information content (AvgIpc) is 2.63. The van der Waals surface area contributed by atoms with Crippen molar-refractivity contribution >= 4 is 0 Å². The van der Waals surface area contributed by atoms with E-state index in [1.54, 1.807) is 0 Å². The van der Waals surface area contributed by atoms with Gasteiger partial charge in [-0.15, -0.1) is 0 Å². The monoisotopic (exact) mass is 309 g/mol. The van der Waals surface area contributed by atoms with Gasteiger partial charge in [-0.2, -0.15) is 0 Å². The number of nitrogens with zero attached hydrogens (tertiary/aromatic N) is 4. The Hall–Kier alpha value is -1.85. The molecule has 0 aliphatic carbocycles. The van der Waals surface area contributed by atoms with Crippen LogP contribution in [0.1, 0.15) is 47.9 Å². The summed E-state index contributed by atoms with van der Waals surface area (Å²) in [7, 11) is 0. The average molecular weight is 309 g/mol. The van der Waals surface area contributed by atoms with Gasteiger partial charge in [-0.25, -0.2) is 9.97 Å². The summed E-state index contributed by atoms with van der Waals surface area (Å²) in [4.78, 5) is 16.1. The Morgan fingerprint density at radius 2 is 2.13 bits per heavy atom. The predicted molar refractivity (Wildman–Crippen MR) is 88.7 cm³/mol. The number of aromatic nitrogens is 3. The molecule has 0 bridgehead atoms. The molecule has 1 N–H and O–H groups in total. The van der Waals surface area contributed by atoms with Crippen LogP contribution in [0.5, 0.6) is 0 Å². The van der Waals surface area contributed by atoms with Gasteiger partial charge >= 0.3 is 0 Å². The molecule has 0 saturated carbocycles. The summed E-state index contributed by atoms with van der Waals surface area (Å²) in [6, 6.07) is 4.53. The van der Waals surface area contributed by atoms with Crippen LogP contribution in [0.3, 0.4) is 0 Å². The molecule has 4 heterocycles. The van der Waals surface area contributed by atoms with E-state index in [-0.39, 0.29) is 0 Å². The largest absolute Gasteiger partial charge is 0.307 e. The highest BCUT2D eigenvalue weighted by Crippen LogP contribution is 2.23. The quantitative estimate of drug-likeness (QED) is 0.942. The number of hydrogen-bond acceptors (Lipinski definition) is 5. The fourth-order valence-electron chi connectivity index (χ4n) is 3.51. The molecular weight excluding hydrogens is 286 g/mol. The van der Waals surface area contributed by atoms with E-state index in [1.807, 2.05) is 18.6 Å². The number of hydrogen-bond donors (Lipinski definition) is 1. The van der Waals surface area contributed by atoms with Gasteiger partial charge in [0.25, 0.3) is 0 Å². The minimum Gasteiger partial charge on any atom is -0.307 e. The van der Waals surface area contributed by atoms with E-state index >= 15 is 0 Å². The summed E-state index contributed by atoms with van der Waals surface area (Å²) < 4.78 is 0. The zero-order valence-corrected chi connectivity index (χ0v) is 13.4. The lowest BCUT2D eigenvalue weighted by Gasteiger charge is -2.29. The molecule has 2 aliphatic rings. The van der Waals surface area contributed by atoms with E-state index in [2.05, 4.69) is 32.3 Å². The van der Waals surface area contributed by atoms with Crippen molar-refractivity contribution in [3.63, 3.8) is 0 Å². The third kappa shape index (κ3) is 3.41. The Morgan fingerprint density at radius 3 is 2.96 bits per heavy atom. The summed E-state index contributed by atoms with van der Waals surface area (Å²) >= 11 is 0. The fourth-order valence-corrected chi connectivity index (χ4v) is 3.51. The Kier molecular flexibility index (Phi) is 4.30. The highest BCUT2D eigenvalue weighted by molar-refractivity contribution is 5.22. The van der Waals surface area contributed by atoms with E-state index in [0.717, 1.165) is 44.8 Å². The zero-order valence-electron chi connectivity index (χ0n) is 13.4. The first-order chi connectivity index (χ1) is 11.4. The van der Waals surface area contributed by atoms with Gasteiger partial charge in [0.15, 0.2) is 0 Å². The van der Waals surface area contributed by atoms with E-state index < -0.39 is 0 Å². The van der Waals surface area contributed by atoms with Gasteiger partial charge in [-0.05, 0) is 37.1 Å². The molecule has 1 atom stereocenters. The van der Waals surface area contributed by atoms with Crippen molar-refractivity contribution in [1.82, 2.24) is 25.2 Å². The minimum absolute atomic E-state index is 0.351. The van der Waals surface area contributed by atoms with Crippen molar-refractivity contribution in [2.24, 2.45) is 0 Å². The molecule has 1 unspecified atom stereocenters. The number of piperidine rings is 1. The molecule has 23 heavy (non-hydrogen) atoms. The van der Waals surface area contributed by atoms with Crippen LogP contribution in [0.2, 0.25) is 0 Å². The SMILES string of the molecule is c1cc(CN2CCc3nc(C4CCCCN4)ncc3C2)ccn1. The lowest BCUT2D eigenvalue weighted by atomic mass is 10.0. The summed E-state index contributed by atoms with van der Waals surface area (Å²) in [6.45, 7) is 4.05. The predicted octanol–water partition coefficient (Wildman–Crippen LogP) is 2.24. The van der Waals surface area contributed by atoms with Gasteiger partial charge in [-0.1, -0.05) is 6.42 Å². The molecule has 1 fully saturated rings. The summed E-state index contributed by atoms with van der Waals surface area (Å²) in [5, 5.41) is 3.54. The first-order valence-electron chi connectivity index (χ1n) is 8.58. The van der Waals surface area contributed by atoms with Crippen molar-refractivity contribution in [1.29, 1.82) is 0 Å². The van der Waals surface area contributed by atoms with Crippen LogP contribution in [-0.2, 0) is 19.5 Å². The molecule has 4 rings (SSSR count). The molecule has 0 amide bonds. The van der Waals surface area contributed by atoms with Crippen LogP contribution in [0.15, 0.2) is 30.7 Å². The Bertz CT molecular complexity index is 652. The maximum atomic E-state index is 4.87. The van der Waals surface area contributed by atoms with Crippen LogP contribution in [-0.4, -0.2) is 32.9 Å². The number of pyridine rings is 1. The van der Waals surface area contributed by atoms with Crippen molar-refractivity contribution < 1.29 is 0 Å². The van der Waals surface area contributed by atoms with Gasteiger partial charge in [-0.3, -0.25) is 9.88 Å². The first kappa shape index (κ1) is 14.7. The van der Waals surface area contributed by atoms with Crippen LogP contribution >= 0.6 is 0 Å². The van der Waals surface area contributed by atoms with Crippen LogP contribution in [0, 0.1) is 0 Å². The highest BCUT2D eigenvalue weighted by atomic mass is 15.1. The zero-order chi connectivity index (χ0) is 15.5. The van der Waals surface area contributed by atoms with Gasteiger partial charge in [0.1, 0.15) is 5.82 Å². The topological polar surface area (TPSA) is 53.9 Å². The molecule has 0 spiro atoms. The molecule has 5 nitrogen and oxygen atoms in total. The molecule has 2 aliphatic heterocycles. The van der Waals surface area contributed by atoms with E-state index in [1.165, 1.54) is 29.7 Å². The summed E-state index contributed by atoms with van der Waals surface area (Å²) in [5.41, 5.74) is 3.84. The van der Waals surface area contributed by atoms with Crippen molar-refractivity contribution in [3.8, 4) is 0 Å². The van der Waals surface area contributed by atoms with Gasteiger partial charge < -0.3 is 5.32 Å². The number of fused-ring (bicyclic) bond motifs is 1. The number of nitrogens with one attached hydrogen (secondary N) is 1. The lowest BCUT2D eigenvalue weighted by Crippen LogP contribution is -2.33. The molecule has 1 saturated heterocycles. The van der Waals surface area contributed by atoms with Gasteiger partial charge in [0.05, 0.1) is 6.04 Å². The third-order valence-electron chi connectivity index (χ3n) is 4.81. The second kappa shape index (κ2) is 6.72. The maximum absolute atomic E-state index is 4.87. The normalized spacial score (nSPS) is 21.8. The summed E-state index contributed by atoms with van der Waals surface area (Å²) in [6.07, 6.45) is 10.5. The standard InChI is InChI=1S/C18H23N5/c1-2-7-20-17(3-1)18-21-11-15-13-23(10-6-16(15)22-18)12-14-4-8-19-9-5-14/h4-5,8-9,11,17,20H,1-3,6-7,10,12-13H2. The minimum atomic E-state index is 0.351. The maximum Gasteiger partial charge on any atom is 0.145 e. The number of rotatable bonds is 3. The second-order valence-electron chi connectivity index (χ2n) is 6.52. The summed E-state index contributed by atoms with van der Waals surface area (Å²) in [5.74, 6) is 0.992. The fraction of sp³-hybridized carbons (Fsp3) is 0.500. The molecular formula is C18H23N5. The van der Waals surface area contributed by atoms with Gasteiger partial charge in [0, 0.05) is 55.9 Å². The second-order valence-corrected chi connectivity index (χ2v) is 6.52. The highest BCUT2D eigenvalue weighted by Gasteiger charge is 2.22. The van der Waals surface area contributed by atoms with Crippen molar-refractivity contribution in [2.45, 2.75) is 44.8 Å². The van der Waals surface area contributed by atoms with E-state index in [9.17, 15) is 0 Å². The van der Waals surface area contributed by atoms with E-state index in [4.69, 9.17) is 4.98 Å². The van der Waals surface area contributed by atoms with Gasteiger partial charge in [0.2, 0.25) is 0 Å². The smallest absolute Gasteiger partial charge is 0.145 e. The van der Waals surface area contributed by atoms with Crippen LogP contribution in [0.4, 0.5) is 0 Å². The molecule has 0 aromatic carbocycles. The first-order valence-corrected chi connectivity index (χ1v) is 8.58. The molecule has 2 aromatic rings. The van der Waals surface area contributed by atoms with E-state index in [0.29, 0.717) is 6.04 Å². The Balaban J connectivity index is 1.45. The molecule has 0 radical (unpaired) electrons. The lowest BCUT2D eigenvalue weighted by molar-refractivity contribution is 0.242. The van der Waals surface area contributed by atoms with Crippen molar-refractivity contribution in [3.05, 3.63) is 53.4 Å². The molecule has 2 aromatic heterocycles. The molecule has 5 heteroatoms. The third-order valence-corrected chi connectivity index (χ3v) is 4.81. The Morgan fingerprint density at radius 1 is 1.22 bits per heavy atom.